The second-order valence-electron chi connectivity index (χ2n) is 2.99. The number of nitrogens with one attached hydrogen (secondary N) is 1. The monoisotopic (exact) mass is 239 g/mol. The maximum atomic E-state index is 11.3. The molecule has 1 amide bonds. The second-order valence-corrected chi connectivity index (χ2v) is 3.37. The molecule has 0 saturated heterocycles. The van der Waals surface area contributed by atoms with Gasteiger partial charge in [-0.05, 0) is 29.2 Å². The number of amides is 1. The van der Waals surface area contributed by atoms with Crippen molar-refractivity contribution in [1.82, 2.24) is 4.98 Å². The van der Waals surface area contributed by atoms with Crippen LogP contribution in [0.15, 0.2) is 17.2 Å². The van der Waals surface area contributed by atoms with E-state index in [0.717, 1.165) is 13.0 Å². The van der Waals surface area contributed by atoms with Crippen molar-refractivity contribution in [2.24, 2.45) is 5.11 Å². The predicted molar refractivity (Wildman–Crippen MR) is 61.5 cm³/mol. The van der Waals surface area contributed by atoms with E-state index in [9.17, 15) is 4.79 Å². The summed E-state index contributed by atoms with van der Waals surface area (Å²) < 4.78 is 0. The predicted octanol–water partition coefficient (Wildman–Crippen LogP) is 3.01. The third-order valence-corrected chi connectivity index (χ3v) is 1.93. The molecule has 0 aromatic carbocycles. The molecule has 1 aromatic heterocycles. The zero-order chi connectivity index (χ0) is 12.0. The number of carbonyl (C=O) groups excluding carboxylic acids is 1. The second kappa shape index (κ2) is 5.95. The molecule has 16 heavy (non-hydrogen) atoms. The van der Waals surface area contributed by atoms with Gasteiger partial charge in [0.1, 0.15) is 11.0 Å². The van der Waals surface area contributed by atoms with Crippen LogP contribution in [-0.2, 0) is 0 Å². The Morgan fingerprint density at radius 2 is 2.44 bits per heavy atom. The summed E-state index contributed by atoms with van der Waals surface area (Å²) in [4.78, 5) is 17.7. The zero-order valence-electron chi connectivity index (χ0n) is 8.64. The maximum Gasteiger partial charge on any atom is 0.249 e. The molecule has 0 aliphatic rings. The van der Waals surface area contributed by atoms with Crippen LogP contribution in [0.2, 0.25) is 5.15 Å². The number of aromatic nitrogens is 1. The molecular weight excluding hydrogens is 230 g/mol. The van der Waals surface area contributed by atoms with Gasteiger partial charge in [0.15, 0.2) is 0 Å². The summed E-state index contributed by atoms with van der Waals surface area (Å²) in [5.41, 5.74) is 8.37. The van der Waals surface area contributed by atoms with Crippen LogP contribution in [0.3, 0.4) is 0 Å². The Morgan fingerprint density at radius 3 is 3.06 bits per heavy atom. The normalized spacial score (nSPS) is 9.38. The Morgan fingerprint density at radius 1 is 1.69 bits per heavy atom. The molecule has 0 unspecified atom stereocenters. The van der Waals surface area contributed by atoms with E-state index < -0.39 is 5.91 Å². The molecule has 7 heteroatoms. The van der Waals surface area contributed by atoms with Crippen LogP contribution in [0.4, 0.5) is 5.82 Å². The van der Waals surface area contributed by atoms with Gasteiger partial charge in [-0.3, -0.25) is 4.79 Å². The highest BCUT2D eigenvalue weighted by atomic mass is 35.5. The van der Waals surface area contributed by atoms with Crippen molar-refractivity contribution < 1.29 is 4.79 Å². The molecule has 1 N–H and O–H groups in total. The maximum absolute atomic E-state index is 11.3. The van der Waals surface area contributed by atoms with E-state index in [1.165, 1.54) is 12.1 Å². The van der Waals surface area contributed by atoms with Gasteiger partial charge in [-0.15, -0.1) is 0 Å². The molecule has 6 nitrogen and oxygen atoms in total. The Kier molecular flexibility index (Phi) is 4.57. The lowest BCUT2D eigenvalue weighted by atomic mass is 10.2. The molecule has 1 rings (SSSR count). The van der Waals surface area contributed by atoms with Gasteiger partial charge in [-0.2, -0.15) is 0 Å². The van der Waals surface area contributed by atoms with E-state index in [0.29, 0.717) is 5.82 Å². The number of pyridine rings is 1. The van der Waals surface area contributed by atoms with Crippen molar-refractivity contribution in [3.63, 3.8) is 0 Å². The largest absolute Gasteiger partial charge is 0.370 e. The minimum atomic E-state index is -0.675. The average Bonchev–Trinajstić information content (AvgIpc) is 2.26. The fraction of sp³-hybridized carbons (Fsp3) is 0.333. The highest BCUT2D eigenvalue weighted by Gasteiger charge is 2.07. The van der Waals surface area contributed by atoms with Crippen LogP contribution in [0, 0.1) is 0 Å². The number of nitrogens with zero attached hydrogens (tertiary/aromatic N) is 4. The van der Waals surface area contributed by atoms with Crippen molar-refractivity contribution in [2.45, 2.75) is 13.3 Å². The summed E-state index contributed by atoms with van der Waals surface area (Å²) in [5, 5.41) is 6.15. The first kappa shape index (κ1) is 12.3. The van der Waals surface area contributed by atoms with Gasteiger partial charge in [-0.25, -0.2) is 4.98 Å². The summed E-state index contributed by atoms with van der Waals surface area (Å²) >= 11 is 5.74. The van der Waals surface area contributed by atoms with Crippen LogP contribution < -0.4 is 5.32 Å². The summed E-state index contributed by atoms with van der Waals surface area (Å²) in [7, 11) is 0. The molecule has 0 atom stereocenters. The van der Waals surface area contributed by atoms with E-state index in [2.05, 4.69) is 20.3 Å². The third-order valence-electron chi connectivity index (χ3n) is 1.73. The van der Waals surface area contributed by atoms with E-state index in [1.54, 1.807) is 0 Å². The van der Waals surface area contributed by atoms with Gasteiger partial charge < -0.3 is 5.32 Å². The molecule has 1 heterocycles. The number of carbonyl (C=O) groups is 1. The SMILES string of the molecule is CCCNc1cc(C(=O)N=[N+]=[N-])cc(Cl)n1. The van der Waals surface area contributed by atoms with Gasteiger partial charge in [0.05, 0.1) is 0 Å². The summed E-state index contributed by atoms with van der Waals surface area (Å²) in [6, 6.07) is 2.86. The van der Waals surface area contributed by atoms with Gasteiger partial charge in [0.25, 0.3) is 0 Å². The Bertz CT molecular complexity index is 442. The lowest BCUT2D eigenvalue weighted by Crippen LogP contribution is -2.04. The Hall–Kier alpha value is -1.78. The Labute approximate surface area is 97.3 Å². The number of anilines is 1. The molecule has 0 spiro atoms. The van der Waals surface area contributed by atoms with Crippen molar-refractivity contribution in [3.05, 3.63) is 33.3 Å². The van der Waals surface area contributed by atoms with Crippen LogP contribution in [0.25, 0.3) is 10.4 Å². The molecule has 0 radical (unpaired) electrons. The zero-order valence-corrected chi connectivity index (χ0v) is 9.40. The lowest BCUT2D eigenvalue weighted by molar-refractivity contribution is 0.100. The van der Waals surface area contributed by atoms with E-state index in [1.807, 2.05) is 6.92 Å². The number of hydrogen-bond acceptors (Lipinski definition) is 3. The standard InChI is InChI=1S/C9H10ClN5O/c1-2-3-12-8-5-6(4-7(10)13-8)9(16)14-15-11/h4-5H,2-3H2,1H3,(H,12,13). The average molecular weight is 240 g/mol. The minimum Gasteiger partial charge on any atom is -0.370 e. The van der Waals surface area contributed by atoms with Crippen LogP contribution in [-0.4, -0.2) is 17.4 Å². The first-order chi connectivity index (χ1) is 7.67. The quantitative estimate of drug-likeness (QED) is 0.379. The third kappa shape index (κ3) is 3.42. The first-order valence-electron chi connectivity index (χ1n) is 4.68. The molecule has 84 valence electrons. The fourth-order valence-corrected chi connectivity index (χ4v) is 1.27. The van der Waals surface area contributed by atoms with Crippen LogP contribution >= 0.6 is 11.6 Å². The van der Waals surface area contributed by atoms with Crippen molar-refractivity contribution in [3.8, 4) is 0 Å². The minimum absolute atomic E-state index is 0.178. The summed E-state index contributed by atoms with van der Waals surface area (Å²) in [6.07, 6.45) is 0.924. The smallest absolute Gasteiger partial charge is 0.249 e. The van der Waals surface area contributed by atoms with E-state index in [4.69, 9.17) is 17.1 Å². The molecule has 1 aromatic rings. The topological polar surface area (TPSA) is 90.8 Å². The van der Waals surface area contributed by atoms with Gasteiger partial charge >= 0.3 is 0 Å². The van der Waals surface area contributed by atoms with E-state index in [-0.39, 0.29) is 10.7 Å². The van der Waals surface area contributed by atoms with Gasteiger partial charge in [0.2, 0.25) is 5.91 Å². The first-order valence-corrected chi connectivity index (χ1v) is 5.06. The van der Waals surface area contributed by atoms with Crippen LogP contribution in [0.5, 0.6) is 0 Å². The summed E-state index contributed by atoms with van der Waals surface area (Å²) in [6.45, 7) is 2.73. The van der Waals surface area contributed by atoms with Gasteiger partial charge in [-0.1, -0.05) is 18.5 Å². The number of halogens is 1. The van der Waals surface area contributed by atoms with Crippen molar-refractivity contribution >= 4 is 23.3 Å². The summed E-state index contributed by atoms with van der Waals surface area (Å²) in [5.74, 6) is -0.183. The number of azide groups is 1. The highest BCUT2D eigenvalue weighted by Crippen LogP contribution is 2.15. The van der Waals surface area contributed by atoms with Crippen molar-refractivity contribution in [2.75, 3.05) is 11.9 Å². The fourth-order valence-electron chi connectivity index (χ4n) is 1.06. The molecule has 0 saturated carbocycles. The van der Waals surface area contributed by atoms with Crippen LogP contribution in [0.1, 0.15) is 23.7 Å². The molecule has 0 aliphatic carbocycles. The Balaban J connectivity index is 2.97. The van der Waals surface area contributed by atoms with Gasteiger partial charge in [0, 0.05) is 17.0 Å². The molecule has 0 aliphatic heterocycles. The molecule has 0 fully saturated rings. The lowest BCUT2D eigenvalue weighted by Gasteiger charge is -2.05. The number of hydrogen-bond donors (Lipinski definition) is 1. The molecule has 0 bridgehead atoms. The highest BCUT2D eigenvalue weighted by molar-refractivity contribution is 6.29. The molecular formula is C9H10ClN5O. The van der Waals surface area contributed by atoms with Crippen molar-refractivity contribution in [1.29, 1.82) is 0 Å². The van der Waals surface area contributed by atoms with E-state index >= 15 is 0 Å². The number of rotatable bonds is 4.